The van der Waals surface area contributed by atoms with Crippen molar-refractivity contribution in [1.29, 1.82) is 0 Å². The van der Waals surface area contributed by atoms with Crippen LogP contribution < -0.4 is 10.2 Å². The third kappa shape index (κ3) is 3.14. The first-order valence-electron chi connectivity index (χ1n) is 7.93. The quantitative estimate of drug-likeness (QED) is 0.799. The maximum atomic E-state index is 6.06. The van der Waals surface area contributed by atoms with Gasteiger partial charge in [-0.2, -0.15) is 0 Å². The highest BCUT2D eigenvalue weighted by Crippen LogP contribution is 2.36. The molecule has 2 aliphatic rings. The maximum absolute atomic E-state index is 6.06. The smallest absolute Gasteiger partial charge is 0.472 e. The number of rotatable bonds is 3. The third-order valence-electron chi connectivity index (χ3n) is 4.69. The molecule has 0 spiro atoms. The molecule has 2 saturated heterocycles. The molecule has 1 aromatic rings. The van der Waals surface area contributed by atoms with E-state index in [1.54, 1.807) is 6.20 Å². The Morgan fingerprint density at radius 3 is 2.59 bits per heavy atom. The van der Waals surface area contributed by atoms with Gasteiger partial charge in [0.25, 0.3) is 0 Å². The Morgan fingerprint density at radius 2 is 1.95 bits per heavy atom. The van der Waals surface area contributed by atoms with E-state index in [-0.39, 0.29) is 17.3 Å². The highest BCUT2D eigenvalue weighted by Gasteiger charge is 2.51. The van der Waals surface area contributed by atoms with Crippen LogP contribution in [0.2, 0.25) is 0 Å². The molecule has 1 unspecified atom stereocenters. The molecule has 2 aliphatic heterocycles. The van der Waals surface area contributed by atoms with Gasteiger partial charge in [-0.3, -0.25) is 0 Å². The maximum Gasteiger partial charge on any atom is 0.495 e. The van der Waals surface area contributed by atoms with E-state index in [0.29, 0.717) is 12.5 Å². The van der Waals surface area contributed by atoms with Gasteiger partial charge in [0.05, 0.1) is 17.8 Å². The second kappa shape index (κ2) is 5.83. The van der Waals surface area contributed by atoms with E-state index < -0.39 is 7.12 Å². The van der Waals surface area contributed by atoms with Crippen LogP contribution in [-0.4, -0.2) is 42.6 Å². The number of ether oxygens (including phenoxy) is 2. The van der Waals surface area contributed by atoms with Gasteiger partial charge in [-0.1, -0.05) is 0 Å². The summed E-state index contributed by atoms with van der Waals surface area (Å²) in [4.78, 5) is 4.29. The summed E-state index contributed by atoms with van der Waals surface area (Å²) in [5.41, 5.74) is 0.235. The Balaban J connectivity index is 1.72. The first-order valence-corrected chi connectivity index (χ1v) is 7.93. The molecule has 0 aliphatic carbocycles. The number of hydrogen-bond donors (Lipinski definition) is 0. The van der Waals surface area contributed by atoms with Crippen LogP contribution in [0.3, 0.4) is 0 Å². The van der Waals surface area contributed by atoms with Crippen LogP contribution in [0.5, 0.6) is 5.88 Å². The van der Waals surface area contributed by atoms with Crippen molar-refractivity contribution in [3.63, 3.8) is 0 Å². The van der Waals surface area contributed by atoms with Crippen LogP contribution in [0.4, 0.5) is 0 Å². The average Bonchev–Trinajstić information content (AvgIpc) is 2.69. The summed E-state index contributed by atoms with van der Waals surface area (Å²) in [6, 6.07) is 3.81. The predicted molar refractivity (Wildman–Crippen MR) is 84.4 cm³/mol. The van der Waals surface area contributed by atoms with Gasteiger partial charge in [0.1, 0.15) is 6.10 Å². The second-order valence-corrected chi connectivity index (χ2v) is 6.97. The lowest BCUT2D eigenvalue weighted by atomic mass is 9.80. The van der Waals surface area contributed by atoms with Gasteiger partial charge in [0, 0.05) is 18.9 Å². The monoisotopic (exact) mass is 305 g/mol. The lowest BCUT2D eigenvalue weighted by molar-refractivity contribution is 0.00553. The Morgan fingerprint density at radius 1 is 1.23 bits per heavy atom. The van der Waals surface area contributed by atoms with Gasteiger partial charge in [-0.15, -0.1) is 0 Å². The van der Waals surface area contributed by atoms with Crippen LogP contribution in [0.1, 0.15) is 40.5 Å². The van der Waals surface area contributed by atoms with Crippen LogP contribution in [-0.2, 0) is 14.0 Å². The van der Waals surface area contributed by atoms with Crippen molar-refractivity contribution >= 4 is 12.6 Å². The summed E-state index contributed by atoms with van der Waals surface area (Å²) >= 11 is 0. The van der Waals surface area contributed by atoms with E-state index in [4.69, 9.17) is 18.8 Å². The first kappa shape index (κ1) is 15.8. The molecule has 0 aromatic carbocycles. The molecule has 2 fully saturated rings. The zero-order valence-electron chi connectivity index (χ0n) is 13.8. The molecule has 1 atom stereocenters. The fourth-order valence-electron chi connectivity index (χ4n) is 2.59. The van der Waals surface area contributed by atoms with Crippen molar-refractivity contribution in [3.8, 4) is 5.88 Å². The Kier molecular flexibility index (Phi) is 4.18. The standard InChI is InChI=1S/C16H24BNO4/c1-15(2)16(3,4)22-17(21-15)12-7-8-18-14(10-12)20-13-6-5-9-19-11-13/h7-8,10,13H,5-6,9,11H2,1-4H3. The number of hydrogen-bond acceptors (Lipinski definition) is 5. The summed E-state index contributed by atoms with van der Waals surface area (Å²) < 4.78 is 23.5. The van der Waals surface area contributed by atoms with Crippen LogP contribution in [0.15, 0.2) is 18.3 Å². The van der Waals surface area contributed by atoms with Gasteiger partial charge in [-0.25, -0.2) is 4.98 Å². The Hall–Kier alpha value is -1.11. The molecule has 0 amide bonds. The van der Waals surface area contributed by atoms with E-state index >= 15 is 0 Å². The Labute approximate surface area is 132 Å². The summed E-state index contributed by atoms with van der Waals surface area (Å²) in [5, 5.41) is 0. The summed E-state index contributed by atoms with van der Waals surface area (Å²) in [6.07, 6.45) is 3.85. The predicted octanol–water partition coefficient (Wildman–Crippen LogP) is 1.94. The van der Waals surface area contributed by atoms with Gasteiger partial charge >= 0.3 is 7.12 Å². The molecule has 0 saturated carbocycles. The molecule has 0 radical (unpaired) electrons. The van der Waals surface area contributed by atoms with Gasteiger partial charge in [-0.05, 0) is 52.1 Å². The summed E-state index contributed by atoms with van der Waals surface area (Å²) in [7, 11) is -0.391. The second-order valence-electron chi connectivity index (χ2n) is 6.97. The van der Waals surface area contributed by atoms with Crippen LogP contribution in [0.25, 0.3) is 0 Å². The van der Waals surface area contributed by atoms with Crippen molar-refractivity contribution in [1.82, 2.24) is 4.98 Å². The SMILES string of the molecule is CC1(C)OB(c2ccnc(OC3CCCOC3)c2)OC1(C)C. The zero-order chi connectivity index (χ0) is 15.8. The average molecular weight is 305 g/mol. The summed E-state index contributed by atoms with van der Waals surface area (Å²) in [5.74, 6) is 0.600. The lowest BCUT2D eigenvalue weighted by Crippen LogP contribution is -2.41. The van der Waals surface area contributed by atoms with Crippen molar-refractivity contribution in [2.75, 3.05) is 13.2 Å². The fraction of sp³-hybridized carbons (Fsp3) is 0.688. The van der Waals surface area contributed by atoms with E-state index in [2.05, 4.69) is 4.98 Å². The minimum Gasteiger partial charge on any atom is -0.472 e. The van der Waals surface area contributed by atoms with E-state index in [0.717, 1.165) is 24.9 Å². The first-order chi connectivity index (χ1) is 10.4. The highest BCUT2D eigenvalue weighted by molar-refractivity contribution is 6.62. The topological polar surface area (TPSA) is 49.8 Å². The van der Waals surface area contributed by atoms with Gasteiger partial charge < -0.3 is 18.8 Å². The van der Waals surface area contributed by atoms with Crippen molar-refractivity contribution < 1.29 is 18.8 Å². The number of aromatic nitrogens is 1. The molecule has 6 heteroatoms. The van der Waals surface area contributed by atoms with Crippen molar-refractivity contribution in [3.05, 3.63) is 18.3 Å². The molecule has 1 aromatic heterocycles. The minimum atomic E-state index is -0.391. The summed E-state index contributed by atoms with van der Waals surface area (Å²) in [6.45, 7) is 9.63. The third-order valence-corrected chi connectivity index (χ3v) is 4.69. The number of nitrogens with zero attached hydrogens (tertiary/aromatic N) is 1. The van der Waals surface area contributed by atoms with Crippen molar-refractivity contribution in [2.45, 2.75) is 57.8 Å². The number of pyridine rings is 1. The fourth-order valence-corrected chi connectivity index (χ4v) is 2.59. The zero-order valence-corrected chi connectivity index (χ0v) is 13.8. The minimum absolute atomic E-state index is 0.0785. The van der Waals surface area contributed by atoms with E-state index in [1.807, 2.05) is 39.8 Å². The lowest BCUT2D eigenvalue weighted by Gasteiger charge is -2.32. The molecule has 120 valence electrons. The molecular formula is C16H24BNO4. The molecule has 0 N–H and O–H groups in total. The molecule has 22 heavy (non-hydrogen) atoms. The normalized spacial score (nSPS) is 26.9. The van der Waals surface area contributed by atoms with Gasteiger partial charge in [0.15, 0.2) is 0 Å². The molecule has 3 heterocycles. The van der Waals surface area contributed by atoms with Gasteiger partial charge in [0.2, 0.25) is 5.88 Å². The molecular weight excluding hydrogens is 281 g/mol. The van der Waals surface area contributed by atoms with Crippen molar-refractivity contribution in [2.24, 2.45) is 0 Å². The highest BCUT2D eigenvalue weighted by atomic mass is 16.7. The Bertz CT molecular complexity index is 513. The van der Waals surface area contributed by atoms with Crippen LogP contribution in [0, 0.1) is 0 Å². The van der Waals surface area contributed by atoms with E-state index in [1.165, 1.54) is 0 Å². The molecule has 5 nitrogen and oxygen atoms in total. The van der Waals surface area contributed by atoms with E-state index in [9.17, 15) is 0 Å². The molecule has 3 rings (SSSR count). The molecule has 0 bridgehead atoms. The van der Waals surface area contributed by atoms with Crippen LogP contribution >= 0.6 is 0 Å². The largest absolute Gasteiger partial charge is 0.495 e.